The molecule has 0 radical (unpaired) electrons. The predicted octanol–water partition coefficient (Wildman–Crippen LogP) is 4.34. The summed E-state index contributed by atoms with van der Waals surface area (Å²) in [6, 6.07) is 8.05. The molecular formula is C24H27NO5. The van der Waals surface area contributed by atoms with Crippen molar-refractivity contribution in [3.63, 3.8) is 0 Å². The second-order valence-electron chi connectivity index (χ2n) is 7.66. The predicted molar refractivity (Wildman–Crippen MR) is 116 cm³/mol. The highest BCUT2D eigenvalue weighted by molar-refractivity contribution is 5.87. The van der Waals surface area contributed by atoms with Crippen LogP contribution < -0.4 is 19.8 Å². The molecule has 0 saturated heterocycles. The first-order chi connectivity index (χ1) is 14.5. The highest BCUT2D eigenvalue weighted by Crippen LogP contribution is 2.37. The maximum Gasteiger partial charge on any atom is 0.339 e. The van der Waals surface area contributed by atoms with Gasteiger partial charge in [0.2, 0.25) is 0 Å². The van der Waals surface area contributed by atoms with E-state index in [-0.39, 0.29) is 5.63 Å². The van der Waals surface area contributed by atoms with Gasteiger partial charge < -0.3 is 18.6 Å². The van der Waals surface area contributed by atoms with Gasteiger partial charge in [-0.15, -0.1) is 0 Å². The van der Waals surface area contributed by atoms with Crippen LogP contribution in [0.1, 0.15) is 34.7 Å². The molecule has 3 aromatic rings. The molecule has 6 nitrogen and oxygen atoms in total. The summed E-state index contributed by atoms with van der Waals surface area (Å²) in [6.07, 6.45) is 0.655. The van der Waals surface area contributed by atoms with E-state index >= 15 is 0 Å². The van der Waals surface area contributed by atoms with Crippen LogP contribution >= 0.6 is 0 Å². The third-order valence-electron chi connectivity index (χ3n) is 5.83. The molecule has 0 bridgehead atoms. The Morgan fingerprint density at radius 3 is 2.53 bits per heavy atom. The van der Waals surface area contributed by atoms with Crippen molar-refractivity contribution in [3.8, 4) is 17.2 Å². The summed E-state index contributed by atoms with van der Waals surface area (Å²) in [5, 5.41) is 0.985. The molecule has 0 spiro atoms. The van der Waals surface area contributed by atoms with Crippen molar-refractivity contribution in [2.24, 2.45) is 0 Å². The average Bonchev–Trinajstić information content (AvgIpc) is 2.75. The molecule has 0 amide bonds. The van der Waals surface area contributed by atoms with Crippen LogP contribution in [0.15, 0.2) is 33.5 Å². The van der Waals surface area contributed by atoms with Gasteiger partial charge in [-0.2, -0.15) is 0 Å². The fourth-order valence-corrected chi connectivity index (χ4v) is 4.24. The van der Waals surface area contributed by atoms with E-state index in [2.05, 4.69) is 11.0 Å². The van der Waals surface area contributed by atoms with E-state index in [1.165, 1.54) is 0 Å². The van der Waals surface area contributed by atoms with Gasteiger partial charge in [0.25, 0.3) is 0 Å². The van der Waals surface area contributed by atoms with E-state index in [9.17, 15) is 4.79 Å². The monoisotopic (exact) mass is 409 g/mol. The Bertz CT molecular complexity index is 1160. The van der Waals surface area contributed by atoms with Crippen LogP contribution in [-0.2, 0) is 19.5 Å². The Balaban J connectivity index is 1.67. The van der Waals surface area contributed by atoms with Crippen molar-refractivity contribution in [1.82, 2.24) is 4.90 Å². The smallest absolute Gasteiger partial charge is 0.339 e. The average molecular weight is 409 g/mol. The molecule has 0 fully saturated rings. The summed E-state index contributed by atoms with van der Waals surface area (Å²) in [6.45, 7) is 7.86. The van der Waals surface area contributed by atoms with Gasteiger partial charge in [0.05, 0.1) is 14.2 Å². The van der Waals surface area contributed by atoms with Gasteiger partial charge in [-0.1, -0.05) is 13.0 Å². The molecule has 0 unspecified atom stereocenters. The fraction of sp³-hybridized carbons (Fsp3) is 0.375. The second-order valence-corrected chi connectivity index (χ2v) is 7.66. The largest absolute Gasteiger partial charge is 0.493 e. The number of fused-ring (bicyclic) bond motifs is 2. The number of benzene rings is 2. The number of ether oxygens (including phenoxy) is 3. The van der Waals surface area contributed by atoms with Gasteiger partial charge in [-0.25, -0.2) is 4.79 Å². The van der Waals surface area contributed by atoms with Crippen molar-refractivity contribution in [2.45, 2.75) is 40.3 Å². The van der Waals surface area contributed by atoms with Gasteiger partial charge in [-0.05, 0) is 49.6 Å². The van der Waals surface area contributed by atoms with Crippen LogP contribution in [0.2, 0.25) is 0 Å². The summed E-state index contributed by atoms with van der Waals surface area (Å²) in [4.78, 5) is 14.5. The van der Waals surface area contributed by atoms with Crippen LogP contribution in [0.3, 0.4) is 0 Å². The first-order valence-corrected chi connectivity index (χ1v) is 10.1. The molecule has 1 aromatic heterocycles. The highest BCUT2D eigenvalue weighted by Gasteiger charge is 2.24. The van der Waals surface area contributed by atoms with Crippen molar-refractivity contribution >= 4 is 11.0 Å². The number of rotatable bonds is 5. The number of hydrogen-bond acceptors (Lipinski definition) is 6. The standard InChI is InChI=1S/C24H27NO5/c1-6-18-14(2)19-10-17-12-25(11-16-7-8-20(27-4)21(9-16)28-5)13-29-22(17)15(3)23(19)30-24(18)26/h7-10H,6,11-13H2,1-5H3. The van der Waals surface area contributed by atoms with Crippen molar-refractivity contribution < 1.29 is 18.6 Å². The summed E-state index contributed by atoms with van der Waals surface area (Å²) >= 11 is 0. The summed E-state index contributed by atoms with van der Waals surface area (Å²) < 4.78 is 22.5. The molecule has 0 saturated carbocycles. The zero-order chi connectivity index (χ0) is 21.4. The molecule has 4 rings (SSSR count). The first-order valence-electron chi connectivity index (χ1n) is 10.1. The molecule has 2 heterocycles. The molecular weight excluding hydrogens is 382 g/mol. The van der Waals surface area contributed by atoms with Crippen molar-refractivity contribution in [2.75, 3.05) is 21.0 Å². The lowest BCUT2D eigenvalue weighted by Gasteiger charge is -2.30. The fourth-order valence-electron chi connectivity index (χ4n) is 4.24. The van der Waals surface area contributed by atoms with Crippen molar-refractivity contribution in [3.05, 3.63) is 62.5 Å². The normalized spacial score (nSPS) is 13.8. The van der Waals surface area contributed by atoms with E-state index in [0.29, 0.717) is 30.2 Å². The Labute approximate surface area is 176 Å². The molecule has 0 N–H and O–H groups in total. The first kappa shape index (κ1) is 20.3. The van der Waals surface area contributed by atoms with E-state index in [0.717, 1.165) is 52.0 Å². The highest BCUT2D eigenvalue weighted by atomic mass is 16.5. The maximum absolute atomic E-state index is 12.3. The SMILES string of the molecule is CCc1c(C)c2cc3c(c(C)c2oc1=O)OCN(Cc1ccc(OC)c(OC)c1)C3. The molecule has 0 aliphatic carbocycles. The Morgan fingerprint density at radius 1 is 1.07 bits per heavy atom. The van der Waals surface area contributed by atoms with Crippen LogP contribution in [-0.4, -0.2) is 25.9 Å². The number of nitrogens with zero attached hydrogens (tertiary/aromatic N) is 1. The van der Waals surface area contributed by atoms with Crippen LogP contribution in [0.25, 0.3) is 11.0 Å². The number of methoxy groups -OCH3 is 2. The van der Waals surface area contributed by atoms with Gasteiger partial charge in [-0.3, -0.25) is 4.90 Å². The summed E-state index contributed by atoms with van der Waals surface area (Å²) in [5.41, 5.74) is 5.21. The van der Waals surface area contributed by atoms with Gasteiger partial charge in [0.15, 0.2) is 11.5 Å². The van der Waals surface area contributed by atoms with Gasteiger partial charge >= 0.3 is 5.63 Å². The molecule has 1 aliphatic rings. The Morgan fingerprint density at radius 2 is 1.83 bits per heavy atom. The minimum atomic E-state index is -0.253. The summed E-state index contributed by atoms with van der Waals surface area (Å²) in [7, 11) is 3.27. The Hall–Kier alpha value is -2.99. The quantitative estimate of drug-likeness (QED) is 0.584. The molecule has 6 heteroatoms. The van der Waals surface area contributed by atoms with E-state index in [4.69, 9.17) is 18.6 Å². The summed E-state index contributed by atoms with van der Waals surface area (Å²) in [5.74, 6) is 2.25. The zero-order valence-electron chi connectivity index (χ0n) is 18.1. The number of hydrogen-bond donors (Lipinski definition) is 0. The van der Waals surface area contributed by atoms with E-state index in [1.54, 1.807) is 14.2 Å². The lowest BCUT2D eigenvalue weighted by molar-refractivity contribution is 0.0880. The second kappa shape index (κ2) is 8.03. The molecule has 0 atom stereocenters. The van der Waals surface area contributed by atoms with Crippen LogP contribution in [0.5, 0.6) is 17.2 Å². The third kappa shape index (κ3) is 3.41. The topological polar surface area (TPSA) is 61.1 Å². The zero-order valence-corrected chi connectivity index (χ0v) is 18.1. The lowest BCUT2D eigenvalue weighted by Crippen LogP contribution is -2.32. The van der Waals surface area contributed by atoms with Crippen LogP contribution in [0, 0.1) is 13.8 Å². The van der Waals surface area contributed by atoms with Crippen molar-refractivity contribution in [1.29, 1.82) is 0 Å². The van der Waals surface area contributed by atoms with Crippen LogP contribution in [0.4, 0.5) is 0 Å². The molecule has 2 aromatic carbocycles. The minimum Gasteiger partial charge on any atom is -0.493 e. The Kier molecular flexibility index (Phi) is 5.43. The molecule has 30 heavy (non-hydrogen) atoms. The third-order valence-corrected chi connectivity index (χ3v) is 5.83. The maximum atomic E-state index is 12.3. The minimum absolute atomic E-state index is 0.253. The molecule has 158 valence electrons. The van der Waals surface area contributed by atoms with E-state index in [1.807, 2.05) is 39.0 Å². The van der Waals surface area contributed by atoms with E-state index < -0.39 is 0 Å². The van der Waals surface area contributed by atoms with Gasteiger partial charge in [0, 0.05) is 35.2 Å². The molecule has 1 aliphatic heterocycles. The number of aryl methyl sites for hydroxylation is 2. The lowest BCUT2D eigenvalue weighted by atomic mass is 9.98. The van der Waals surface area contributed by atoms with Gasteiger partial charge in [0.1, 0.15) is 18.1 Å².